The molecule has 0 spiro atoms. The van der Waals surface area contributed by atoms with Gasteiger partial charge in [-0.2, -0.15) is 0 Å². The van der Waals surface area contributed by atoms with Gasteiger partial charge in [0.15, 0.2) is 0 Å². The van der Waals surface area contributed by atoms with Crippen LogP contribution in [0.2, 0.25) is 0 Å². The van der Waals surface area contributed by atoms with Crippen molar-refractivity contribution in [3.05, 3.63) is 35.4 Å². The number of hydrogen-bond donors (Lipinski definition) is 2. The number of ether oxygens (including phenoxy) is 1. The van der Waals surface area contributed by atoms with Crippen molar-refractivity contribution >= 4 is 11.9 Å². The number of carbonyl (C=O) groups is 2. The maximum absolute atomic E-state index is 12.4. The number of benzene rings is 1. The third kappa shape index (κ3) is 3.42. The number of rotatable bonds is 5. The zero-order valence-corrected chi connectivity index (χ0v) is 12.6. The van der Waals surface area contributed by atoms with Gasteiger partial charge in [-0.1, -0.05) is 19.1 Å². The van der Waals surface area contributed by atoms with Crippen LogP contribution in [0.4, 0.5) is 0 Å². The average molecular weight is 290 g/mol. The molecule has 5 nitrogen and oxygen atoms in total. The Balaban J connectivity index is 1.93. The predicted octanol–water partition coefficient (Wildman–Crippen LogP) is 1.48. The van der Waals surface area contributed by atoms with Crippen molar-refractivity contribution in [2.45, 2.75) is 26.3 Å². The highest BCUT2D eigenvalue weighted by atomic mass is 16.5. The fourth-order valence-corrected chi connectivity index (χ4v) is 2.65. The molecule has 1 aromatic rings. The van der Waals surface area contributed by atoms with Crippen LogP contribution in [0.25, 0.3) is 0 Å². The van der Waals surface area contributed by atoms with E-state index in [1.807, 2.05) is 12.1 Å². The number of amides is 1. The van der Waals surface area contributed by atoms with E-state index >= 15 is 0 Å². The fourth-order valence-electron chi connectivity index (χ4n) is 2.65. The molecule has 1 fully saturated rings. The highest BCUT2D eigenvalue weighted by molar-refractivity contribution is 5.89. The van der Waals surface area contributed by atoms with Crippen LogP contribution in [0.5, 0.6) is 0 Å². The predicted molar refractivity (Wildman–Crippen MR) is 79.8 cm³/mol. The Morgan fingerprint density at radius 3 is 2.57 bits per heavy atom. The van der Waals surface area contributed by atoms with Crippen molar-refractivity contribution in [1.29, 1.82) is 0 Å². The minimum absolute atomic E-state index is 0.104. The summed E-state index contributed by atoms with van der Waals surface area (Å²) in [7, 11) is 1.36. The second-order valence-electron chi connectivity index (χ2n) is 5.43. The number of methoxy groups -OCH3 is 1. The van der Waals surface area contributed by atoms with Crippen LogP contribution in [0.1, 0.15) is 35.7 Å². The Morgan fingerprint density at radius 1 is 1.33 bits per heavy atom. The number of esters is 1. The fraction of sp³-hybridized carbons (Fsp3) is 0.500. The molecule has 21 heavy (non-hydrogen) atoms. The maximum atomic E-state index is 12.4. The Labute approximate surface area is 125 Å². The molecule has 1 aliphatic heterocycles. The van der Waals surface area contributed by atoms with Crippen LogP contribution in [0.3, 0.4) is 0 Å². The summed E-state index contributed by atoms with van der Waals surface area (Å²) in [5, 5.41) is 6.26. The molecular formula is C16H22N2O3. The first-order valence-corrected chi connectivity index (χ1v) is 7.27. The van der Waals surface area contributed by atoms with Gasteiger partial charge in [-0.3, -0.25) is 4.79 Å². The summed E-state index contributed by atoms with van der Waals surface area (Å²) in [6.07, 6.45) is 1.73. The van der Waals surface area contributed by atoms with Crippen molar-refractivity contribution in [2.24, 2.45) is 5.41 Å². The first kappa shape index (κ1) is 15.5. The van der Waals surface area contributed by atoms with Crippen LogP contribution < -0.4 is 10.6 Å². The summed E-state index contributed by atoms with van der Waals surface area (Å²) in [5.41, 5.74) is 1.21. The quantitative estimate of drug-likeness (QED) is 0.806. The summed E-state index contributed by atoms with van der Waals surface area (Å²) in [5.74, 6) is -0.250. The summed E-state index contributed by atoms with van der Waals surface area (Å²) in [6, 6.07) is 7.08. The van der Waals surface area contributed by atoms with Crippen molar-refractivity contribution in [3.63, 3.8) is 0 Å². The van der Waals surface area contributed by atoms with Gasteiger partial charge in [-0.25, -0.2) is 4.79 Å². The molecule has 1 aliphatic rings. The lowest BCUT2D eigenvalue weighted by molar-refractivity contribution is -0.130. The Kier molecular flexibility index (Phi) is 4.96. The molecule has 5 heteroatoms. The van der Waals surface area contributed by atoms with Gasteiger partial charge in [0, 0.05) is 13.1 Å². The molecule has 1 aromatic carbocycles. The molecule has 1 atom stereocenters. The van der Waals surface area contributed by atoms with Gasteiger partial charge >= 0.3 is 5.97 Å². The molecule has 2 N–H and O–H groups in total. The highest BCUT2D eigenvalue weighted by Gasteiger charge is 2.39. The number of carbonyl (C=O) groups excluding carboxylic acids is 2. The monoisotopic (exact) mass is 290 g/mol. The molecule has 1 saturated heterocycles. The van der Waals surface area contributed by atoms with E-state index in [2.05, 4.69) is 22.3 Å². The van der Waals surface area contributed by atoms with Gasteiger partial charge in [-0.15, -0.1) is 0 Å². The topological polar surface area (TPSA) is 67.4 Å². The minimum Gasteiger partial charge on any atom is -0.465 e. The zero-order valence-electron chi connectivity index (χ0n) is 12.6. The molecular weight excluding hydrogens is 268 g/mol. The molecule has 0 saturated carbocycles. The molecule has 1 unspecified atom stereocenters. The molecule has 1 amide bonds. The van der Waals surface area contributed by atoms with E-state index in [1.54, 1.807) is 12.1 Å². The summed E-state index contributed by atoms with van der Waals surface area (Å²) in [6.45, 7) is 4.17. The highest BCUT2D eigenvalue weighted by Crippen LogP contribution is 2.29. The molecule has 0 aliphatic carbocycles. The van der Waals surface area contributed by atoms with Gasteiger partial charge in [0.2, 0.25) is 5.91 Å². The van der Waals surface area contributed by atoms with E-state index in [0.717, 1.165) is 31.5 Å². The van der Waals surface area contributed by atoms with E-state index in [1.165, 1.54) is 7.11 Å². The van der Waals surface area contributed by atoms with Crippen molar-refractivity contribution in [3.8, 4) is 0 Å². The lowest BCUT2D eigenvalue weighted by Gasteiger charge is -2.25. The van der Waals surface area contributed by atoms with Gasteiger partial charge in [0.25, 0.3) is 0 Å². The summed E-state index contributed by atoms with van der Waals surface area (Å²) in [4.78, 5) is 23.7. The lowest BCUT2D eigenvalue weighted by atomic mass is 9.83. The van der Waals surface area contributed by atoms with E-state index in [0.29, 0.717) is 12.1 Å². The standard InChI is InChI=1S/C16H22N2O3/c1-3-16(8-9-17-11-16)15(20)18-10-12-4-6-13(7-5-12)14(19)21-2/h4-7,17H,3,8-11H2,1-2H3,(H,18,20). The van der Waals surface area contributed by atoms with Crippen LogP contribution >= 0.6 is 0 Å². The van der Waals surface area contributed by atoms with E-state index < -0.39 is 0 Å². The van der Waals surface area contributed by atoms with Crippen LogP contribution in [0, 0.1) is 5.41 Å². The Morgan fingerprint density at radius 2 is 2.05 bits per heavy atom. The first-order chi connectivity index (χ1) is 10.1. The minimum atomic E-state index is -0.354. The van der Waals surface area contributed by atoms with Crippen molar-refractivity contribution in [2.75, 3.05) is 20.2 Å². The second kappa shape index (κ2) is 6.72. The number of nitrogens with one attached hydrogen (secondary N) is 2. The van der Waals surface area contributed by atoms with E-state index in [4.69, 9.17) is 0 Å². The molecule has 114 valence electrons. The number of hydrogen-bond acceptors (Lipinski definition) is 4. The third-order valence-corrected chi connectivity index (χ3v) is 4.23. The van der Waals surface area contributed by atoms with Gasteiger partial charge in [0.1, 0.15) is 0 Å². The van der Waals surface area contributed by atoms with E-state index in [9.17, 15) is 9.59 Å². The summed E-state index contributed by atoms with van der Waals surface area (Å²) >= 11 is 0. The smallest absolute Gasteiger partial charge is 0.337 e. The molecule has 0 radical (unpaired) electrons. The normalized spacial score (nSPS) is 21.0. The van der Waals surface area contributed by atoms with Crippen LogP contribution in [-0.4, -0.2) is 32.1 Å². The maximum Gasteiger partial charge on any atom is 0.337 e. The SMILES string of the molecule is CCC1(C(=O)NCc2ccc(C(=O)OC)cc2)CCNC1. The summed E-state index contributed by atoms with van der Waals surface area (Å²) < 4.78 is 4.65. The molecule has 0 bridgehead atoms. The average Bonchev–Trinajstić information content (AvgIpc) is 3.02. The zero-order chi connectivity index (χ0) is 15.3. The largest absolute Gasteiger partial charge is 0.465 e. The van der Waals surface area contributed by atoms with Crippen LogP contribution in [-0.2, 0) is 16.1 Å². The van der Waals surface area contributed by atoms with E-state index in [-0.39, 0.29) is 17.3 Å². The van der Waals surface area contributed by atoms with Crippen molar-refractivity contribution in [1.82, 2.24) is 10.6 Å². The molecule has 2 rings (SSSR count). The lowest BCUT2D eigenvalue weighted by Crippen LogP contribution is -2.41. The van der Waals surface area contributed by atoms with Gasteiger partial charge in [0.05, 0.1) is 18.1 Å². The Bertz CT molecular complexity index is 505. The Hall–Kier alpha value is -1.88. The van der Waals surface area contributed by atoms with Crippen LogP contribution in [0.15, 0.2) is 24.3 Å². The van der Waals surface area contributed by atoms with Gasteiger partial charge in [-0.05, 0) is 37.1 Å². The first-order valence-electron chi connectivity index (χ1n) is 7.27. The second-order valence-corrected chi connectivity index (χ2v) is 5.43. The van der Waals surface area contributed by atoms with Crippen molar-refractivity contribution < 1.29 is 14.3 Å². The molecule has 1 heterocycles. The third-order valence-electron chi connectivity index (χ3n) is 4.23. The van der Waals surface area contributed by atoms with Gasteiger partial charge < -0.3 is 15.4 Å². The molecule has 0 aromatic heterocycles.